The van der Waals surface area contributed by atoms with Crippen molar-refractivity contribution in [3.63, 3.8) is 0 Å². The van der Waals surface area contributed by atoms with E-state index in [4.69, 9.17) is 0 Å². The molecule has 0 saturated heterocycles. The Kier molecular flexibility index (Phi) is 4.85. The first-order valence-electron chi connectivity index (χ1n) is 7.28. The van der Waals surface area contributed by atoms with Gasteiger partial charge in [0.2, 0.25) is 5.91 Å². The van der Waals surface area contributed by atoms with Gasteiger partial charge in [-0.15, -0.1) is 11.3 Å². The molecule has 2 aromatic rings. The van der Waals surface area contributed by atoms with Crippen molar-refractivity contribution >= 4 is 28.9 Å². The summed E-state index contributed by atoms with van der Waals surface area (Å²) in [6.07, 6.45) is 0. The molecule has 0 spiro atoms. The number of benzene rings is 1. The Labute approximate surface area is 139 Å². The van der Waals surface area contributed by atoms with Crippen LogP contribution in [-0.2, 0) is 4.79 Å². The first-order valence-corrected chi connectivity index (χ1v) is 8.09. The summed E-state index contributed by atoms with van der Waals surface area (Å²) in [5.74, 6) is -2.00. The van der Waals surface area contributed by atoms with Crippen LogP contribution in [0.25, 0.3) is 0 Å². The van der Waals surface area contributed by atoms with Crippen molar-refractivity contribution in [1.29, 1.82) is 0 Å². The van der Waals surface area contributed by atoms with E-state index in [2.05, 4.69) is 10.3 Å². The predicted octanol–water partition coefficient (Wildman–Crippen LogP) is 2.48. The predicted molar refractivity (Wildman–Crippen MR) is 88.9 cm³/mol. The van der Waals surface area contributed by atoms with Crippen molar-refractivity contribution in [2.45, 2.75) is 40.5 Å². The van der Waals surface area contributed by atoms with Crippen LogP contribution in [0.15, 0.2) is 12.1 Å². The number of hydrogen-bond donors (Lipinski definition) is 1. The standard InChI is InChI=1S/C17H20N2O3S/c1-8-6-9(2)13(10(3)7-8)19-15(20)11(4)16-18-12(5)14(23-16)17(21)22/h6-7,11H,1-5H3,(H,19,20)(H,21,22)/p-1/t11-/m1/s1. The Hall–Kier alpha value is -2.21. The summed E-state index contributed by atoms with van der Waals surface area (Å²) < 4.78 is 0. The summed E-state index contributed by atoms with van der Waals surface area (Å²) in [6.45, 7) is 9.22. The van der Waals surface area contributed by atoms with Gasteiger partial charge in [0, 0.05) is 5.69 Å². The molecule has 122 valence electrons. The van der Waals surface area contributed by atoms with Crippen LogP contribution in [0.4, 0.5) is 5.69 Å². The SMILES string of the molecule is Cc1cc(C)c(NC(=O)[C@@H](C)c2nc(C)c(C(=O)[O-])s2)c(C)c1. The van der Waals surface area contributed by atoms with Crippen LogP contribution in [-0.4, -0.2) is 16.9 Å². The van der Waals surface area contributed by atoms with E-state index in [-0.39, 0.29) is 10.8 Å². The number of aromatic carboxylic acids is 1. The molecule has 0 saturated carbocycles. The number of nitrogens with one attached hydrogen (secondary N) is 1. The van der Waals surface area contributed by atoms with Gasteiger partial charge in [0.1, 0.15) is 5.01 Å². The normalized spacial score (nSPS) is 12.0. The van der Waals surface area contributed by atoms with E-state index in [1.165, 1.54) is 0 Å². The maximum Gasteiger partial charge on any atom is 0.234 e. The minimum Gasteiger partial charge on any atom is -0.544 e. The molecule has 0 radical (unpaired) electrons. The number of nitrogens with zero attached hydrogens (tertiary/aromatic N) is 1. The van der Waals surface area contributed by atoms with Gasteiger partial charge in [-0.1, -0.05) is 17.7 Å². The molecule has 1 heterocycles. The van der Waals surface area contributed by atoms with Gasteiger partial charge in [0.15, 0.2) is 0 Å². The third-order valence-corrected chi connectivity index (χ3v) is 5.01. The fourth-order valence-electron chi connectivity index (χ4n) is 2.51. The number of thiazole rings is 1. The number of anilines is 1. The van der Waals surface area contributed by atoms with Crippen molar-refractivity contribution in [1.82, 2.24) is 4.98 Å². The summed E-state index contributed by atoms with van der Waals surface area (Å²) in [7, 11) is 0. The first-order chi connectivity index (χ1) is 10.7. The van der Waals surface area contributed by atoms with Crippen LogP contribution in [0.5, 0.6) is 0 Å². The molecule has 5 nitrogen and oxygen atoms in total. The maximum atomic E-state index is 12.5. The zero-order valence-electron chi connectivity index (χ0n) is 13.8. The molecule has 1 N–H and O–H groups in total. The van der Waals surface area contributed by atoms with E-state index in [0.29, 0.717) is 10.7 Å². The van der Waals surface area contributed by atoms with Gasteiger partial charge in [0.05, 0.1) is 22.5 Å². The summed E-state index contributed by atoms with van der Waals surface area (Å²) in [5, 5.41) is 14.4. The number of amides is 1. The fraction of sp³-hybridized carbons (Fsp3) is 0.353. The minimum atomic E-state index is -1.26. The van der Waals surface area contributed by atoms with Gasteiger partial charge >= 0.3 is 0 Å². The second-order valence-electron chi connectivity index (χ2n) is 5.74. The molecule has 23 heavy (non-hydrogen) atoms. The second-order valence-corrected chi connectivity index (χ2v) is 6.77. The lowest BCUT2D eigenvalue weighted by molar-refractivity contribution is -0.254. The Balaban J connectivity index is 2.24. The number of carboxylic acids is 1. The van der Waals surface area contributed by atoms with E-state index < -0.39 is 11.9 Å². The average Bonchev–Trinajstić information content (AvgIpc) is 2.83. The number of hydrogen-bond acceptors (Lipinski definition) is 5. The molecular formula is C17H19N2O3S-. The second kappa shape index (κ2) is 6.50. The number of aromatic nitrogens is 1. The van der Waals surface area contributed by atoms with Gasteiger partial charge in [-0.05, 0) is 45.7 Å². The van der Waals surface area contributed by atoms with Crippen molar-refractivity contribution < 1.29 is 14.7 Å². The van der Waals surface area contributed by atoms with Gasteiger partial charge in [-0.25, -0.2) is 4.98 Å². The molecule has 1 aromatic carbocycles. The first kappa shape index (κ1) is 17.1. The molecule has 0 bridgehead atoms. The molecule has 0 fully saturated rings. The molecule has 0 aliphatic carbocycles. The molecule has 1 aromatic heterocycles. The van der Waals surface area contributed by atoms with Gasteiger partial charge < -0.3 is 15.2 Å². The largest absolute Gasteiger partial charge is 0.544 e. The Morgan fingerprint density at radius 1 is 1.17 bits per heavy atom. The maximum absolute atomic E-state index is 12.5. The third-order valence-electron chi connectivity index (χ3n) is 3.69. The van der Waals surface area contributed by atoms with Crippen LogP contribution in [0, 0.1) is 27.7 Å². The summed E-state index contributed by atoms with van der Waals surface area (Å²) in [5.41, 5.74) is 4.30. The lowest BCUT2D eigenvalue weighted by Crippen LogP contribution is -2.21. The summed E-state index contributed by atoms with van der Waals surface area (Å²) >= 11 is 0.991. The van der Waals surface area contributed by atoms with Crippen LogP contribution in [0.2, 0.25) is 0 Å². The van der Waals surface area contributed by atoms with E-state index >= 15 is 0 Å². The molecule has 0 aliphatic rings. The molecule has 1 amide bonds. The van der Waals surface area contributed by atoms with Crippen molar-refractivity contribution in [3.05, 3.63) is 44.4 Å². The number of carboxylic acid groups (broad SMARTS) is 1. The number of carbonyl (C=O) groups is 2. The van der Waals surface area contributed by atoms with Gasteiger partial charge in [0.25, 0.3) is 0 Å². The zero-order chi connectivity index (χ0) is 17.3. The van der Waals surface area contributed by atoms with Gasteiger partial charge in [-0.2, -0.15) is 0 Å². The molecular weight excluding hydrogens is 312 g/mol. The summed E-state index contributed by atoms with van der Waals surface area (Å²) in [4.78, 5) is 27.7. The van der Waals surface area contributed by atoms with E-state index in [1.807, 2.05) is 32.9 Å². The van der Waals surface area contributed by atoms with Crippen molar-refractivity contribution in [2.24, 2.45) is 0 Å². The van der Waals surface area contributed by atoms with Crippen LogP contribution in [0.1, 0.15) is 49.9 Å². The quantitative estimate of drug-likeness (QED) is 0.933. The van der Waals surface area contributed by atoms with E-state index in [9.17, 15) is 14.7 Å². The topological polar surface area (TPSA) is 82.1 Å². The Morgan fingerprint density at radius 3 is 2.22 bits per heavy atom. The highest BCUT2D eigenvalue weighted by Gasteiger charge is 2.22. The lowest BCUT2D eigenvalue weighted by Gasteiger charge is -2.15. The number of aryl methyl sites for hydroxylation is 4. The molecule has 0 unspecified atom stereocenters. The van der Waals surface area contributed by atoms with E-state index in [0.717, 1.165) is 33.7 Å². The number of rotatable bonds is 4. The zero-order valence-corrected chi connectivity index (χ0v) is 14.6. The highest BCUT2D eigenvalue weighted by atomic mass is 32.1. The highest BCUT2D eigenvalue weighted by molar-refractivity contribution is 7.13. The molecule has 0 aliphatic heterocycles. The smallest absolute Gasteiger partial charge is 0.234 e. The third kappa shape index (κ3) is 3.59. The van der Waals surface area contributed by atoms with Crippen molar-refractivity contribution in [3.8, 4) is 0 Å². The molecule has 2 rings (SSSR count). The fourth-order valence-corrected chi connectivity index (χ4v) is 3.46. The van der Waals surface area contributed by atoms with Gasteiger partial charge in [-0.3, -0.25) is 4.79 Å². The van der Waals surface area contributed by atoms with E-state index in [1.54, 1.807) is 13.8 Å². The summed E-state index contributed by atoms with van der Waals surface area (Å²) in [6, 6.07) is 4.02. The average molecular weight is 331 g/mol. The van der Waals surface area contributed by atoms with Crippen LogP contribution in [0.3, 0.4) is 0 Å². The molecule has 6 heteroatoms. The van der Waals surface area contributed by atoms with Crippen LogP contribution < -0.4 is 10.4 Å². The number of carbonyl (C=O) groups excluding carboxylic acids is 2. The highest BCUT2D eigenvalue weighted by Crippen LogP contribution is 2.27. The lowest BCUT2D eigenvalue weighted by atomic mass is 10.0. The van der Waals surface area contributed by atoms with Crippen molar-refractivity contribution in [2.75, 3.05) is 5.32 Å². The Bertz CT molecular complexity index is 757. The van der Waals surface area contributed by atoms with Crippen LogP contribution >= 0.6 is 11.3 Å². The minimum absolute atomic E-state index is 0.0716. The monoisotopic (exact) mass is 331 g/mol. The molecule has 1 atom stereocenters. The Morgan fingerprint density at radius 2 is 1.74 bits per heavy atom.